The number of nitrogens with zero attached hydrogens (tertiary/aromatic N) is 1. The van der Waals surface area contributed by atoms with E-state index in [-0.39, 0.29) is 12.0 Å². The number of nitrogens with one attached hydrogen (secondary N) is 2. The molecule has 3 aromatic rings. The van der Waals surface area contributed by atoms with Crippen LogP contribution in [0.15, 0.2) is 60.8 Å². The summed E-state index contributed by atoms with van der Waals surface area (Å²) in [5, 5.41) is 8.26. The van der Waals surface area contributed by atoms with Crippen LogP contribution >= 0.6 is 0 Å². The molecule has 1 fully saturated rings. The molecule has 182 valence electrons. The number of rotatable bonds is 11. The highest BCUT2D eigenvalue weighted by Gasteiger charge is 2.27. The Kier molecular flexibility index (Phi) is 9.28. The molecule has 0 amide bonds. The zero-order chi connectivity index (χ0) is 23.6. The second-order valence-electron chi connectivity index (χ2n) is 9.48. The van der Waals surface area contributed by atoms with Crippen molar-refractivity contribution >= 4 is 16.6 Å². The molecule has 1 aromatic heterocycles. The van der Waals surface area contributed by atoms with E-state index in [0.717, 1.165) is 68.3 Å². The van der Waals surface area contributed by atoms with E-state index < -0.39 is 6.17 Å². The molecule has 0 spiro atoms. The highest BCUT2D eigenvalue weighted by Crippen LogP contribution is 2.27. The molecule has 1 saturated carbocycles. The van der Waals surface area contributed by atoms with Crippen molar-refractivity contribution in [3.8, 4) is 0 Å². The molecule has 0 saturated heterocycles. The van der Waals surface area contributed by atoms with Crippen LogP contribution in [0.5, 0.6) is 0 Å². The third-order valence-electron chi connectivity index (χ3n) is 7.00. The number of fused-ring (bicyclic) bond motifs is 1. The predicted molar refractivity (Wildman–Crippen MR) is 139 cm³/mol. The standard InChI is InChI=1S/C29H38FN3O/c1-34-29-10-5-9-25(30)20-24(29)21-31-16-6-17-32-27-15-18-33-28-19-23(13-14-26(27)28)12-11-22-7-3-2-4-8-22/h2-4,7-8,13-15,18-19,24-25,29,31H,5-6,9-12,16-17,20-21H2,1H3,(H,32,33). The van der Waals surface area contributed by atoms with Crippen LogP contribution in [-0.2, 0) is 17.6 Å². The normalized spacial score (nSPS) is 20.8. The minimum absolute atomic E-state index is 0.173. The molecule has 3 atom stereocenters. The first kappa shape index (κ1) is 24.6. The van der Waals surface area contributed by atoms with Crippen LogP contribution in [0.2, 0.25) is 0 Å². The lowest BCUT2D eigenvalue weighted by molar-refractivity contribution is 0.0426. The van der Waals surface area contributed by atoms with Gasteiger partial charge in [0.15, 0.2) is 0 Å². The molecule has 3 unspecified atom stereocenters. The predicted octanol–water partition coefficient (Wildman–Crippen LogP) is 5.95. The second kappa shape index (κ2) is 12.8. The summed E-state index contributed by atoms with van der Waals surface area (Å²) in [6.45, 7) is 2.61. The molecule has 4 rings (SSSR count). The van der Waals surface area contributed by atoms with E-state index >= 15 is 0 Å². The molecule has 2 N–H and O–H groups in total. The molecule has 1 heterocycles. The minimum Gasteiger partial charge on any atom is -0.384 e. The van der Waals surface area contributed by atoms with Crippen LogP contribution < -0.4 is 10.6 Å². The summed E-state index contributed by atoms with van der Waals surface area (Å²) >= 11 is 0. The molecule has 5 heteroatoms. The lowest BCUT2D eigenvalue weighted by atomic mass is 9.96. The molecule has 0 radical (unpaired) electrons. The van der Waals surface area contributed by atoms with E-state index in [1.165, 1.54) is 11.1 Å². The van der Waals surface area contributed by atoms with Gasteiger partial charge in [-0.1, -0.05) is 42.5 Å². The second-order valence-corrected chi connectivity index (χ2v) is 9.48. The van der Waals surface area contributed by atoms with Gasteiger partial charge in [-0.15, -0.1) is 0 Å². The van der Waals surface area contributed by atoms with Gasteiger partial charge in [0.1, 0.15) is 6.17 Å². The molecule has 2 aromatic carbocycles. The number of ether oxygens (including phenoxy) is 1. The van der Waals surface area contributed by atoms with Crippen molar-refractivity contribution < 1.29 is 9.13 Å². The Hall–Kier alpha value is -2.50. The Labute approximate surface area is 203 Å². The minimum atomic E-state index is -0.688. The van der Waals surface area contributed by atoms with Crippen LogP contribution in [0.1, 0.15) is 43.2 Å². The van der Waals surface area contributed by atoms with E-state index in [1.807, 2.05) is 6.20 Å². The molecular weight excluding hydrogens is 425 g/mol. The summed E-state index contributed by atoms with van der Waals surface area (Å²) in [4.78, 5) is 4.60. The van der Waals surface area contributed by atoms with Crippen molar-refractivity contribution in [2.24, 2.45) is 5.92 Å². The van der Waals surface area contributed by atoms with Gasteiger partial charge in [-0.25, -0.2) is 4.39 Å². The van der Waals surface area contributed by atoms with E-state index in [1.54, 1.807) is 7.11 Å². The highest BCUT2D eigenvalue weighted by molar-refractivity contribution is 5.91. The van der Waals surface area contributed by atoms with Gasteiger partial charge in [0.2, 0.25) is 0 Å². The maximum atomic E-state index is 14.0. The van der Waals surface area contributed by atoms with E-state index in [2.05, 4.69) is 70.2 Å². The smallest absolute Gasteiger partial charge is 0.101 e. The summed E-state index contributed by atoms with van der Waals surface area (Å²) in [5.41, 5.74) is 4.84. The van der Waals surface area contributed by atoms with Gasteiger partial charge in [-0.05, 0) is 74.8 Å². The first-order valence-corrected chi connectivity index (χ1v) is 12.8. The molecular formula is C29H38FN3O. The highest BCUT2D eigenvalue weighted by atomic mass is 19.1. The lowest BCUT2D eigenvalue weighted by Crippen LogP contribution is -2.34. The number of aromatic nitrogens is 1. The average molecular weight is 464 g/mol. The maximum Gasteiger partial charge on any atom is 0.101 e. The summed E-state index contributed by atoms with van der Waals surface area (Å²) in [6, 6.07) is 19.3. The average Bonchev–Trinajstić information content (AvgIpc) is 3.05. The summed E-state index contributed by atoms with van der Waals surface area (Å²) in [7, 11) is 1.76. The van der Waals surface area contributed by atoms with Gasteiger partial charge in [-0.2, -0.15) is 0 Å². The Balaban J connectivity index is 1.23. The third kappa shape index (κ3) is 7.00. The quantitative estimate of drug-likeness (QED) is 0.272. The van der Waals surface area contributed by atoms with Crippen molar-refractivity contribution in [1.82, 2.24) is 10.3 Å². The first-order valence-electron chi connectivity index (χ1n) is 12.8. The van der Waals surface area contributed by atoms with Gasteiger partial charge < -0.3 is 15.4 Å². The molecule has 34 heavy (non-hydrogen) atoms. The first-order chi connectivity index (χ1) is 16.7. The third-order valence-corrected chi connectivity index (χ3v) is 7.00. The Bertz CT molecular complexity index is 1010. The van der Waals surface area contributed by atoms with Crippen LogP contribution in [0.3, 0.4) is 0 Å². The zero-order valence-corrected chi connectivity index (χ0v) is 20.3. The Morgan fingerprint density at radius 1 is 1.00 bits per heavy atom. The lowest BCUT2D eigenvalue weighted by Gasteiger charge is -2.24. The number of hydrogen-bond acceptors (Lipinski definition) is 4. The fourth-order valence-electron chi connectivity index (χ4n) is 5.06. The Morgan fingerprint density at radius 3 is 2.71 bits per heavy atom. The summed E-state index contributed by atoms with van der Waals surface area (Å²) < 4.78 is 19.6. The number of hydrogen-bond donors (Lipinski definition) is 2. The van der Waals surface area contributed by atoms with Gasteiger partial charge in [0.05, 0.1) is 11.6 Å². The maximum absolute atomic E-state index is 14.0. The van der Waals surface area contributed by atoms with Crippen molar-refractivity contribution in [3.05, 3.63) is 71.9 Å². The fourth-order valence-corrected chi connectivity index (χ4v) is 5.06. The topological polar surface area (TPSA) is 46.2 Å². The number of aryl methyl sites for hydroxylation is 2. The van der Waals surface area contributed by atoms with Crippen molar-refractivity contribution in [2.45, 2.75) is 57.2 Å². The van der Waals surface area contributed by atoms with Gasteiger partial charge >= 0.3 is 0 Å². The molecule has 4 nitrogen and oxygen atoms in total. The zero-order valence-electron chi connectivity index (χ0n) is 20.3. The summed E-state index contributed by atoms with van der Waals surface area (Å²) in [6.07, 6.45) is 7.60. The van der Waals surface area contributed by atoms with Crippen LogP contribution in [0.4, 0.5) is 10.1 Å². The summed E-state index contributed by atoms with van der Waals surface area (Å²) in [5.74, 6) is 0.260. The van der Waals surface area contributed by atoms with E-state index in [0.29, 0.717) is 12.8 Å². The molecule has 1 aliphatic carbocycles. The number of anilines is 1. The van der Waals surface area contributed by atoms with Gasteiger partial charge in [0, 0.05) is 43.4 Å². The number of pyridine rings is 1. The van der Waals surface area contributed by atoms with Gasteiger partial charge in [0.25, 0.3) is 0 Å². The largest absolute Gasteiger partial charge is 0.384 e. The van der Waals surface area contributed by atoms with Crippen LogP contribution in [-0.4, -0.2) is 44.0 Å². The fraction of sp³-hybridized carbons (Fsp3) is 0.483. The number of benzene rings is 2. The number of halogens is 1. The van der Waals surface area contributed by atoms with Crippen molar-refractivity contribution in [1.29, 1.82) is 0 Å². The Morgan fingerprint density at radius 2 is 1.85 bits per heavy atom. The van der Waals surface area contributed by atoms with Crippen LogP contribution in [0.25, 0.3) is 10.9 Å². The molecule has 0 bridgehead atoms. The number of alkyl halides is 1. The number of methoxy groups -OCH3 is 1. The van der Waals surface area contributed by atoms with Crippen molar-refractivity contribution in [3.63, 3.8) is 0 Å². The van der Waals surface area contributed by atoms with E-state index in [4.69, 9.17) is 4.74 Å². The molecule has 0 aliphatic heterocycles. The van der Waals surface area contributed by atoms with E-state index in [9.17, 15) is 4.39 Å². The van der Waals surface area contributed by atoms with Crippen molar-refractivity contribution in [2.75, 3.05) is 32.1 Å². The molecule has 1 aliphatic rings. The van der Waals surface area contributed by atoms with Gasteiger partial charge in [-0.3, -0.25) is 4.98 Å². The monoisotopic (exact) mass is 463 g/mol. The van der Waals surface area contributed by atoms with Crippen LogP contribution in [0, 0.1) is 5.92 Å². The SMILES string of the molecule is COC1CCCC(F)CC1CNCCCNc1ccnc2cc(CCc3ccccc3)ccc12.